The number of benzene rings is 2. The Balaban J connectivity index is 2.16. The lowest BCUT2D eigenvalue weighted by molar-refractivity contribution is 0.475. The lowest BCUT2D eigenvalue weighted by Gasteiger charge is -2.15. The van der Waals surface area contributed by atoms with Crippen LogP contribution in [0.1, 0.15) is 5.56 Å². The first-order chi connectivity index (χ1) is 8.69. The van der Waals surface area contributed by atoms with Crippen LogP contribution in [0.25, 0.3) is 0 Å². The van der Waals surface area contributed by atoms with Gasteiger partial charge in [-0.15, -0.1) is 4.91 Å². The highest BCUT2D eigenvalue weighted by molar-refractivity contribution is 9.10. The van der Waals surface area contributed by atoms with Gasteiger partial charge in [0.15, 0.2) is 0 Å². The lowest BCUT2D eigenvalue weighted by Crippen LogP contribution is -2.14. The van der Waals surface area contributed by atoms with Crippen LogP contribution in [0, 0.1) is 4.91 Å². The van der Waals surface area contributed by atoms with Gasteiger partial charge >= 0.3 is 0 Å². The molecule has 0 fully saturated rings. The van der Waals surface area contributed by atoms with E-state index in [2.05, 4.69) is 21.2 Å². The molecule has 0 aliphatic rings. The van der Waals surface area contributed by atoms with E-state index in [1.54, 1.807) is 24.3 Å². The monoisotopic (exact) mass is 306 g/mol. The molecular weight excluding hydrogens is 296 g/mol. The van der Waals surface area contributed by atoms with Crippen molar-refractivity contribution < 1.29 is 5.11 Å². The summed E-state index contributed by atoms with van der Waals surface area (Å²) in [5.74, 6) is 0.202. The predicted octanol–water partition coefficient (Wildman–Crippen LogP) is 3.84. The average Bonchev–Trinajstić information content (AvgIpc) is 2.39. The third-order valence-corrected chi connectivity index (χ3v) is 3.02. The number of rotatable bonds is 4. The van der Waals surface area contributed by atoms with Crippen LogP contribution in [-0.2, 0) is 6.54 Å². The Hall–Kier alpha value is -1.88. The highest BCUT2D eigenvalue weighted by Gasteiger charge is 2.07. The van der Waals surface area contributed by atoms with Gasteiger partial charge in [0, 0.05) is 4.47 Å². The van der Waals surface area contributed by atoms with Crippen molar-refractivity contribution in [2.75, 3.05) is 5.01 Å². The van der Waals surface area contributed by atoms with E-state index < -0.39 is 0 Å². The van der Waals surface area contributed by atoms with E-state index in [1.165, 1.54) is 5.01 Å². The number of anilines is 1. The van der Waals surface area contributed by atoms with Crippen molar-refractivity contribution in [2.24, 2.45) is 5.29 Å². The van der Waals surface area contributed by atoms with Gasteiger partial charge in [0.2, 0.25) is 0 Å². The number of phenols is 1. The molecule has 0 saturated heterocycles. The molecule has 0 amide bonds. The van der Waals surface area contributed by atoms with Gasteiger partial charge in [-0.05, 0) is 42.0 Å². The molecule has 2 rings (SSSR count). The molecule has 18 heavy (non-hydrogen) atoms. The van der Waals surface area contributed by atoms with E-state index in [0.717, 1.165) is 15.7 Å². The molecule has 5 heteroatoms. The standard InChI is InChI=1S/C13H11BrN2O2/c14-11-3-5-12(6-4-11)16(15-18)9-10-1-7-13(17)8-2-10/h1-8,17H,9H2. The molecule has 0 atom stereocenters. The third-order valence-electron chi connectivity index (χ3n) is 2.49. The Morgan fingerprint density at radius 3 is 2.22 bits per heavy atom. The quantitative estimate of drug-likeness (QED) is 0.689. The van der Waals surface area contributed by atoms with E-state index in [-0.39, 0.29) is 5.75 Å². The number of aromatic hydroxyl groups is 1. The summed E-state index contributed by atoms with van der Waals surface area (Å²) in [6.07, 6.45) is 0. The Labute approximate surface area is 113 Å². The molecule has 1 N–H and O–H groups in total. The summed E-state index contributed by atoms with van der Waals surface area (Å²) in [5, 5.41) is 13.6. The van der Waals surface area contributed by atoms with Gasteiger partial charge in [-0.1, -0.05) is 28.1 Å². The van der Waals surface area contributed by atoms with Crippen LogP contribution in [0.15, 0.2) is 58.3 Å². The topological polar surface area (TPSA) is 52.9 Å². The number of phenolic OH excluding ortho intramolecular Hbond substituents is 1. The van der Waals surface area contributed by atoms with Crippen LogP contribution >= 0.6 is 15.9 Å². The first-order valence-corrected chi connectivity index (χ1v) is 6.12. The molecule has 0 spiro atoms. The SMILES string of the molecule is O=NN(Cc1ccc(O)cc1)c1ccc(Br)cc1. The summed E-state index contributed by atoms with van der Waals surface area (Å²) >= 11 is 3.34. The van der Waals surface area contributed by atoms with Crippen LogP contribution in [0.3, 0.4) is 0 Å². The predicted molar refractivity (Wildman–Crippen MR) is 74.2 cm³/mol. The van der Waals surface area contributed by atoms with Gasteiger partial charge < -0.3 is 5.11 Å². The van der Waals surface area contributed by atoms with Crippen LogP contribution in [0.5, 0.6) is 5.75 Å². The van der Waals surface area contributed by atoms with Crippen LogP contribution in [0.4, 0.5) is 5.69 Å². The first-order valence-electron chi connectivity index (χ1n) is 5.33. The van der Waals surface area contributed by atoms with Crippen molar-refractivity contribution in [1.82, 2.24) is 0 Å². The van der Waals surface area contributed by atoms with Gasteiger partial charge in [0.1, 0.15) is 5.75 Å². The van der Waals surface area contributed by atoms with E-state index in [1.807, 2.05) is 24.3 Å². The highest BCUT2D eigenvalue weighted by atomic mass is 79.9. The fourth-order valence-corrected chi connectivity index (χ4v) is 1.82. The van der Waals surface area contributed by atoms with E-state index in [0.29, 0.717) is 6.54 Å². The number of hydrogen-bond donors (Lipinski definition) is 1. The summed E-state index contributed by atoms with van der Waals surface area (Å²) in [4.78, 5) is 10.9. The van der Waals surface area contributed by atoms with Crippen LogP contribution in [0.2, 0.25) is 0 Å². The minimum absolute atomic E-state index is 0.202. The fourth-order valence-electron chi connectivity index (χ4n) is 1.55. The van der Waals surface area contributed by atoms with E-state index in [4.69, 9.17) is 0 Å². The van der Waals surface area contributed by atoms with Gasteiger partial charge in [-0.3, -0.25) is 0 Å². The van der Waals surface area contributed by atoms with Crippen LogP contribution in [-0.4, -0.2) is 5.11 Å². The summed E-state index contributed by atoms with van der Waals surface area (Å²) in [6, 6.07) is 14.0. The fraction of sp³-hybridized carbons (Fsp3) is 0.0769. The minimum Gasteiger partial charge on any atom is -0.508 e. The average molecular weight is 307 g/mol. The van der Waals surface area contributed by atoms with Gasteiger partial charge in [-0.2, -0.15) is 0 Å². The molecule has 0 saturated carbocycles. The van der Waals surface area contributed by atoms with Gasteiger partial charge in [0.25, 0.3) is 0 Å². The third kappa shape index (κ3) is 3.07. The summed E-state index contributed by atoms with van der Waals surface area (Å²) in [5.41, 5.74) is 1.62. The van der Waals surface area contributed by atoms with Gasteiger partial charge in [-0.25, -0.2) is 5.01 Å². The molecule has 0 bridgehead atoms. The molecule has 0 unspecified atom stereocenters. The minimum atomic E-state index is 0.202. The molecule has 0 aromatic heterocycles. The van der Waals surface area contributed by atoms with Crippen molar-refractivity contribution in [2.45, 2.75) is 6.54 Å². The Morgan fingerprint density at radius 2 is 1.67 bits per heavy atom. The largest absolute Gasteiger partial charge is 0.508 e. The summed E-state index contributed by atoms with van der Waals surface area (Å²) in [7, 11) is 0. The molecule has 0 aliphatic carbocycles. The first kappa shape index (κ1) is 12.6. The summed E-state index contributed by atoms with van der Waals surface area (Å²) in [6.45, 7) is 0.366. The highest BCUT2D eigenvalue weighted by Crippen LogP contribution is 2.21. The Bertz CT molecular complexity index is 526. The van der Waals surface area contributed by atoms with Crippen LogP contribution < -0.4 is 5.01 Å². The molecule has 2 aromatic rings. The van der Waals surface area contributed by atoms with Gasteiger partial charge in [0.05, 0.1) is 17.5 Å². The molecule has 0 radical (unpaired) electrons. The van der Waals surface area contributed by atoms with Crippen molar-refractivity contribution in [3.05, 3.63) is 63.5 Å². The van der Waals surface area contributed by atoms with Crippen molar-refractivity contribution in [3.63, 3.8) is 0 Å². The molecular formula is C13H11BrN2O2. The lowest BCUT2D eigenvalue weighted by atomic mass is 10.2. The smallest absolute Gasteiger partial charge is 0.115 e. The second-order valence-electron chi connectivity index (χ2n) is 3.78. The number of nitroso groups, excluding NO2 is 1. The van der Waals surface area contributed by atoms with Crippen molar-refractivity contribution >= 4 is 21.6 Å². The van der Waals surface area contributed by atoms with E-state index >= 15 is 0 Å². The second-order valence-corrected chi connectivity index (χ2v) is 4.70. The van der Waals surface area contributed by atoms with E-state index in [9.17, 15) is 10.0 Å². The Kier molecular flexibility index (Phi) is 3.94. The normalized spacial score (nSPS) is 10.1. The molecule has 2 aromatic carbocycles. The van der Waals surface area contributed by atoms with Crippen molar-refractivity contribution in [1.29, 1.82) is 0 Å². The molecule has 0 heterocycles. The maximum atomic E-state index is 10.9. The number of halogens is 1. The van der Waals surface area contributed by atoms with Crippen molar-refractivity contribution in [3.8, 4) is 5.75 Å². The summed E-state index contributed by atoms with van der Waals surface area (Å²) < 4.78 is 0.946. The molecule has 92 valence electrons. The zero-order valence-electron chi connectivity index (χ0n) is 9.45. The Morgan fingerprint density at radius 1 is 1.06 bits per heavy atom. The molecule has 4 nitrogen and oxygen atoms in total. The maximum Gasteiger partial charge on any atom is 0.115 e. The number of nitrogens with zero attached hydrogens (tertiary/aromatic N) is 2. The molecule has 0 aliphatic heterocycles. The second kappa shape index (κ2) is 5.64. The maximum absolute atomic E-state index is 10.9. The zero-order valence-corrected chi connectivity index (χ0v) is 11.0. The number of hydrogen-bond acceptors (Lipinski definition) is 3. The zero-order chi connectivity index (χ0) is 13.0.